The van der Waals surface area contributed by atoms with Crippen LogP contribution in [0.2, 0.25) is 0 Å². The molecule has 0 amide bonds. The van der Waals surface area contributed by atoms with Crippen molar-refractivity contribution in [2.75, 3.05) is 11.9 Å². The number of aryl methyl sites for hydroxylation is 2. The first-order valence-electron chi connectivity index (χ1n) is 6.67. The van der Waals surface area contributed by atoms with Crippen LogP contribution in [0.1, 0.15) is 18.2 Å². The Balaban J connectivity index is 2.16. The quantitative estimate of drug-likeness (QED) is 0.800. The second kappa shape index (κ2) is 5.20. The lowest BCUT2D eigenvalue weighted by atomic mass is 10.3. The van der Waals surface area contributed by atoms with Gasteiger partial charge in [-0.3, -0.25) is 0 Å². The number of anilines is 1. The number of hydrogen-bond donors (Lipinski definition) is 1. The van der Waals surface area contributed by atoms with Gasteiger partial charge in [0.25, 0.3) is 0 Å². The monoisotopic (exact) mass is 287 g/mol. The highest BCUT2D eigenvalue weighted by Gasteiger charge is 2.13. The zero-order valence-corrected chi connectivity index (χ0v) is 12.7. The fourth-order valence-electron chi connectivity index (χ4n) is 2.11. The molecule has 0 saturated carbocycles. The van der Waals surface area contributed by atoms with E-state index >= 15 is 0 Å². The minimum absolute atomic E-state index is 0.720. The Kier molecular flexibility index (Phi) is 3.40. The molecule has 3 aromatic heterocycles. The predicted octanol–water partition coefficient (Wildman–Crippen LogP) is 3.22. The van der Waals surface area contributed by atoms with Crippen LogP contribution < -0.4 is 5.32 Å². The molecule has 3 aromatic rings. The normalized spacial score (nSPS) is 11.2. The van der Waals surface area contributed by atoms with Gasteiger partial charge < -0.3 is 9.88 Å². The molecule has 0 aliphatic rings. The Bertz CT molecular complexity index is 743. The van der Waals surface area contributed by atoms with E-state index in [2.05, 4.69) is 40.2 Å². The smallest absolute Gasteiger partial charge is 0.181 e. The molecule has 104 valence electrons. The molecule has 3 heterocycles. The Labute approximate surface area is 121 Å². The van der Waals surface area contributed by atoms with Crippen molar-refractivity contribution < 1.29 is 0 Å². The molecule has 0 saturated heterocycles. The van der Waals surface area contributed by atoms with Gasteiger partial charge in [-0.15, -0.1) is 11.3 Å². The summed E-state index contributed by atoms with van der Waals surface area (Å²) in [4.78, 5) is 15.8. The number of fused-ring (bicyclic) bond motifs is 1. The van der Waals surface area contributed by atoms with Crippen LogP contribution in [0.25, 0.3) is 21.7 Å². The maximum atomic E-state index is 4.68. The van der Waals surface area contributed by atoms with Crippen molar-refractivity contribution >= 4 is 27.4 Å². The topological polar surface area (TPSA) is 55.6 Å². The summed E-state index contributed by atoms with van der Waals surface area (Å²) < 4.78 is 1.94. The lowest BCUT2D eigenvalue weighted by molar-refractivity contribution is 0.909. The summed E-state index contributed by atoms with van der Waals surface area (Å²) in [5.74, 6) is 1.63. The summed E-state index contributed by atoms with van der Waals surface area (Å²) in [6, 6.07) is 2.14. The number of thiophene rings is 1. The highest BCUT2D eigenvalue weighted by Crippen LogP contribution is 2.30. The predicted molar refractivity (Wildman–Crippen MR) is 83.1 cm³/mol. The first kappa shape index (κ1) is 13.1. The molecule has 0 radical (unpaired) electrons. The van der Waals surface area contributed by atoms with Crippen LogP contribution >= 0.6 is 11.3 Å². The first-order valence-corrected chi connectivity index (χ1v) is 7.49. The van der Waals surface area contributed by atoms with Crippen molar-refractivity contribution in [2.45, 2.75) is 20.3 Å². The van der Waals surface area contributed by atoms with E-state index in [4.69, 9.17) is 0 Å². The molecule has 0 aromatic carbocycles. The van der Waals surface area contributed by atoms with E-state index < -0.39 is 0 Å². The Morgan fingerprint density at radius 2 is 2.20 bits per heavy atom. The summed E-state index contributed by atoms with van der Waals surface area (Å²) >= 11 is 1.70. The van der Waals surface area contributed by atoms with Crippen LogP contribution in [0, 0.1) is 6.92 Å². The molecule has 0 aliphatic heterocycles. The molecule has 0 aliphatic carbocycles. The van der Waals surface area contributed by atoms with E-state index in [1.54, 1.807) is 23.9 Å². The molecule has 0 unspecified atom stereocenters. The lowest BCUT2D eigenvalue weighted by Crippen LogP contribution is -2.04. The highest BCUT2D eigenvalue weighted by molar-refractivity contribution is 7.18. The van der Waals surface area contributed by atoms with Gasteiger partial charge in [0, 0.05) is 18.5 Å². The number of nitrogens with zero attached hydrogens (tertiary/aromatic N) is 4. The van der Waals surface area contributed by atoms with Crippen molar-refractivity contribution in [3.05, 3.63) is 23.5 Å². The molecule has 6 heteroatoms. The third kappa shape index (κ3) is 2.27. The van der Waals surface area contributed by atoms with Gasteiger partial charge in [0.05, 0.1) is 17.9 Å². The van der Waals surface area contributed by atoms with E-state index in [0.717, 1.165) is 40.5 Å². The SMILES string of the molecule is CCCNc1nc(-c2cncn2C)nc2sc(C)cc12. The van der Waals surface area contributed by atoms with E-state index in [0.29, 0.717) is 0 Å². The van der Waals surface area contributed by atoms with Crippen LogP contribution in [0.4, 0.5) is 5.82 Å². The van der Waals surface area contributed by atoms with Crippen molar-refractivity contribution in [3.63, 3.8) is 0 Å². The third-order valence-corrected chi connectivity index (χ3v) is 4.05. The van der Waals surface area contributed by atoms with E-state index in [-0.39, 0.29) is 0 Å². The van der Waals surface area contributed by atoms with Crippen molar-refractivity contribution in [3.8, 4) is 11.5 Å². The van der Waals surface area contributed by atoms with Crippen LogP contribution in [0.5, 0.6) is 0 Å². The molecule has 5 nitrogen and oxygen atoms in total. The van der Waals surface area contributed by atoms with Crippen molar-refractivity contribution in [1.82, 2.24) is 19.5 Å². The largest absolute Gasteiger partial charge is 0.369 e. The number of rotatable bonds is 4. The van der Waals surface area contributed by atoms with Gasteiger partial charge in [0.15, 0.2) is 5.82 Å². The summed E-state index contributed by atoms with van der Waals surface area (Å²) in [6.07, 6.45) is 4.63. The molecular weight excluding hydrogens is 270 g/mol. The van der Waals surface area contributed by atoms with Crippen molar-refractivity contribution in [2.24, 2.45) is 7.05 Å². The summed E-state index contributed by atoms with van der Waals surface area (Å²) in [7, 11) is 1.95. The molecule has 0 bridgehead atoms. The van der Waals surface area contributed by atoms with Gasteiger partial charge in [-0.1, -0.05) is 6.92 Å². The Morgan fingerprint density at radius 3 is 2.90 bits per heavy atom. The van der Waals surface area contributed by atoms with Gasteiger partial charge >= 0.3 is 0 Å². The van der Waals surface area contributed by atoms with Crippen LogP contribution in [-0.4, -0.2) is 26.1 Å². The molecule has 20 heavy (non-hydrogen) atoms. The lowest BCUT2D eigenvalue weighted by Gasteiger charge is -2.08. The molecule has 0 spiro atoms. The average Bonchev–Trinajstić information content (AvgIpc) is 3.00. The fourth-order valence-corrected chi connectivity index (χ4v) is 2.99. The van der Waals surface area contributed by atoms with Gasteiger partial charge in [0.2, 0.25) is 0 Å². The standard InChI is InChI=1S/C14H17N5S/c1-4-5-16-12-10-6-9(2)20-14(10)18-13(17-12)11-7-15-8-19(11)3/h6-8H,4-5H2,1-3H3,(H,16,17,18). The van der Waals surface area contributed by atoms with E-state index in [9.17, 15) is 0 Å². The fraction of sp³-hybridized carbons (Fsp3) is 0.357. The van der Waals surface area contributed by atoms with Crippen LogP contribution in [-0.2, 0) is 7.05 Å². The van der Waals surface area contributed by atoms with Crippen LogP contribution in [0.3, 0.4) is 0 Å². The Hall–Kier alpha value is -1.95. The maximum absolute atomic E-state index is 4.68. The third-order valence-electron chi connectivity index (χ3n) is 3.10. The minimum Gasteiger partial charge on any atom is -0.369 e. The summed E-state index contributed by atoms with van der Waals surface area (Å²) in [5.41, 5.74) is 0.928. The number of nitrogens with one attached hydrogen (secondary N) is 1. The summed E-state index contributed by atoms with van der Waals surface area (Å²) in [6.45, 7) is 5.15. The van der Waals surface area contributed by atoms with Gasteiger partial charge in [-0.05, 0) is 19.4 Å². The first-order chi connectivity index (χ1) is 9.69. The molecule has 0 atom stereocenters. The van der Waals surface area contributed by atoms with E-state index in [1.807, 2.05) is 11.6 Å². The second-order valence-electron chi connectivity index (χ2n) is 4.79. The molecule has 1 N–H and O–H groups in total. The van der Waals surface area contributed by atoms with Gasteiger partial charge in [-0.25, -0.2) is 15.0 Å². The van der Waals surface area contributed by atoms with Crippen LogP contribution in [0.15, 0.2) is 18.6 Å². The maximum Gasteiger partial charge on any atom is 0.181 e. The number of hydrogen-bond acceptors (Lipinski definition) is 5. The zero-order valence-electron chi connectivity index (χ0n) is 11.8. The number of aromatic nitrogens is 4. The van der Waals surface area contributed by atoms with Crippen molar-refractivity contribution in [1.29, 1.82) is 0 Å². The number of imidazole rings is 1. The molecular formula is C14H17N5S. The second-order valence-corrected chi connectivity index (χ2v) is 6.02. The molecule has 0 fully saturated rings. The summed E-state index contributed by atoms with van der Waals surface area (Å²) in [5, 5.41) is 4.50. The minimum atomic E-state index is 0.720. The van der Waals surface area contributed by atoms with Gasteiger partial charge in [-0.2, -0.15) is 0 Å². The zero-order chi connectivity index (χ0) is 14.1. The Morgan fingerprint density at radius 1 is 1.35 bits per heavy atom. The van der Waals surface area contributed by atoms with Gasteiger partial charge in [0.1, 0.15) is 16.3 Å². The average molecular weight is 287 g/mol. The molecule has 3 rings (SSSR count). The van der Waals surface area contributed by atoms with E-state index in [1.165, 1.54) is 4.88 Å². The highest BCUT2D eigenvalue weighted by atomic mass is 32.1.